The molecule has 1 fully saturated rings. The number of nitrogens with one attached hydrogen (secondary N) is 1. The molecule has 1 aromatic heterocycles. The molecule has 4 heteroatoms. The monoisotopic (exact) mass is 236 g/mol. The van der Waals surface area contributed by atoms with Crippen LogP contribution >= 0.6 is 0 Å². The molecule has 0 saturated heterocycles. The maximum Gasteiger partial charge on any atom is 0.254 e. The molecule has 2 rings (SSSR count). The highest BCUT2D eigenvalue weighted by atomic mass is 19.1. The summed E-state index contributed by atoms with van der Waals surface area (Å²) in [6.07, 6.45) is 8.62. The fourth-order valence-electron chi connectivity index (χ4n) is 2.34. The number of carbonyl (C=O) groups excluding carboxylic acids is 1. The van der Waals surface area contributed by atoms with E-state index in [1.54, 1.807) is 0 Å². The Kier molecular flexibility index (Phi) is 4.07. The Balaban J connectivity index is 1.79. The third-order valence-electron chi connectivity index (χ3n) is 3.33. The highest BCUT2D eigenvalue weighted by Crippen LogP contribution is 2.26. The van der Waals surface area contributed by atoms with E-state index >= 15 is 0 Å². The van der Waals surface area contributed by atoms with E-state index in [2.05, 4.69) is 10.3 Å². The number of hydrogen-bond acceptors (Lipinski definition) is 2. The zero-order valence-electron chi connectivity index (χ0n) is 9.79. The molecule has 1 aromatic rings. The van der Waals surface area contributed by atoms with Crippen LogP contribution in [-0.4, -0.2) is 17.4 Å². The first-order valence-corrected chi connectivity index (χ1v) is 6.15. The van der Waals surface area contributed by atoms with Crippen LogP contribution < -0.4 is 5.32 Å². The summed E-state index contributed by atoms with van der Waals surface area (Å²) in [5.41, 5.74) is 0.0754. The van der Waals surface area contributed by atoms with E-state index < -0.39 is 5.82 Å². The summed E-state index contributed by atoms with van der Waals surface area (Å²) < 4.78 is 13.2. The van der Waals surface area contributed by atoms with E-state index in [1.165, 1.54) is 37.9 Å². The van der Waals surface area contributed by atoms with Crippen LogP contribution in [0.1, 0.15) is 42.5 Å². The second-order valence-corrected chi connectivity index (χ2v) is 4.55. The van der Waals surface area contributed by atoms with E-state index in [9.17, 15) is 9.18 Å². The molecule has 1 N–H and O–H groups in total. The highest BCUT2D eigenvalue weighted by molar-refractivity contribution is 5.94. The minimum absolute atomic E-state index is 0.0754. The molecule has 3 nitrogen and oxygen atoms in total. The molecule has 0 aromatic carbocycles. The standard InChI is InChI=1S/C13H17FN2O/c14-12-9-15-7-6-11(12)13(17)16-8-5-10-3-1-2-4-10/h6-7,9-10H,1-5,8H2,(H,16,17). The van der Waals surface area contributed by atoms with Crippen LogP contribution in [0.2, 0.25) is 0 Å². The number of pyridine rings is 1. The number of rotatable bonds is 4. The van der Waals surface area contributed by atoms with Gasteiger partial charge < -0.3 is 5.32 Å². The molecule has 0 unspecified atom stereocenters. The van der Waals surface area contributed by atoms with Crippen LogP contribution in [0, 0.1) is 11.7 Å². The third-order valence-corrected chi connectivity index (χ3v) is 3.33. The average Bonchev–Trinajstić information content (AvgIpc) is 2.82. The largest absolute Gasteiger partial charge is 0.352 e. The number of aromatic nitrogens is 1. The normalized spacial score (nSPS) is 16.1. The van der Waals surface area contributed by atoms with Crippen molar-refractivity contribution in [2.24, 2.45) is 5.92 Å². The first kappa shape index (κ1) is 12.0. The van der Waals surface area contributed by atoms with E-state index in [0.29, 0.717) is 6.54 Å². The molecule has 1 amide bonds. The van der Waals surface area contributed by atoms with Crippen molar-refractivity contribution in [3.05, 3.63) is 29.8 Å². The second-order valence-electron chi connectivity index (χ2n) is 4.55. The van der Waals surface area contributed by atoms with Crippen LogP contribution in [0.3, 0.4) is 0 Å². The van der Waals surface area contributed by atoms with Crippen LogP contribution in [0.25, 0.3) is 0 Å². The zero-order chi connectivity index (χ0) is 12.1. The zero-order valence-corrected chi connectivity index (χ0v) is 9.79. The maximum absolute atomic E-state index is 13.2. The Morgan fingerprint density at radius 3 is 2.94 bits per heavy atom. The lowest BCUT2D eigenvalue weighted by atomic mass is 10.0. The van der Waals surface area contributed by atoms with Crippen LogP contribution in [-0.2, 0) is 0 Å². The molecular weight excluding hydrogens is 219 g/mol. The van der Waals surface area contributed by atoms with Crippen molar-refractivity contribution in [1.29, 1.82) is 0 Å². The van der Waals surface area contributed by atoms with Crippen molar-refractivity contribution >= 4 is 5.91 Å². The lowest BCUT2D eigenvalue weighted by Crippen LogP contribution is -2.26. The number of nitrogens with zero attached hydrogens (tertiary/aromatic N) is 1. The van der Waals surface area contributed by atoms with Gasteiger partial charge in [0.05, 0.1) is 11.8 Å². The van der Waals surface area contributed by atoms with Gasteiger partial charge in [0.15, 0.2) is 5.82 Å². The summed E-state index contributed by atoms with van der Waals surface area (Å²) in [5.74, 6) is -0.175. The molecule has 1 saturated carbocycles. The number of amides is 1. The van der Waals surface area contributed by atoms with E-state index in [0.717, 1.165) is 18.5 Å². The van der Waals surface area contributed by atoms with Gasteiger partial charge in [0.1, 0.15) is 0 Å². The van der Waals surface area contributed by atoms with Gasteiger partial charge in [0.25, 0.3) is 5.91 Å². The molecule has 0 radical (unpaired) electrons. The molecule has 92 valence electrons. The summed E-state index contributed by atoms with van der Waals surface area (Å²) in [5, 5.41) is 2.76. The summed E-state index contributed by atoms with van der Waals surface area (Å²) in [7, 11) is 0. The summed E-state index contributed by atoms with van der Waals surface area (Å²) in [6, 6.07) is 1.40. The number of halogens is 1. The number of carbonyl (C=O) groups is 1. The first-order valence-electron chi connectivity index (χ1n) is 6.15. The van der Waals surface area contributed by atoms with Gasteiger partial charge in [0, 0.05) is 12.7 Å². The quantitative estimate of drug-likeness (QED) is 0.872. The Hall–Kier alpha value is -1.45. The Morgan fingerprint density at radius 1 is 1.47 bits per heavy atom. The third kappa shape index (κ3) is 3.25. The number of hydrogen-bond donors (Lipinski definition) is 1. The Morgan fingerprint density at radius 2 is 2.24 bits per heavy atom. The van der Waals surface area contributed by atoms with E-state index in [4.69, 9.17) is 0 Å². The molecule has 17 heavy (non-hydrogen) atoms. The maximum atomic E-state index is 13.2. The van der Waals surface area contributed by atoms with Gasteiger partial charge in [0.2, 0.25) is 0 Å². The topological polar surface area (TPSA) is 42.0 Å². The van der Waals surface area contributed by atoms with Crippen molar-refractivity contribution in [2.45, 2.75) is 32.1 Å². The molecular formula is C13H17FN2O. The second kappa shape index (κ2) is 5.75. The Bertz CT molecular complexity index is 389. The SMILES string of the molecule is O=C(NCCC1CCCC1)c1ccncc1F. The highest BCUT2D eigenvalue weighted by Gasteiger charge is 2.15. The smallest absolute Gasteiger partial charge is 0.254 e. The van der Waals surface area contributed by atoms with E-state index in [-0.39, 0.29) is 11.5 Å². The predicted octanol–water partition coefficient (Wildman–Crippen LogP) is 2.53. The minimum Gasteiger partial charge on any atom is -0.352 e. The summed E-state index contributed by atoms with van der Waals surface area (Å²) in [4.78, 5) is 15.3. The molecule has 1 aliphatic carbocycles. The van der Waals surface area contributed by atoms with Gasteiger partial charge in [-0.15, -0.1) is 0 Å². The summed E-state index contributed by atoms with van der Waals surface area (Å²) >= 11 is 0. The van der Waals surface area contributed by atoms with Crippen molar-refractivity contribution < 1.29 is 9.18 Å². The minimum atomic E-state index is -0.564. The van der Waals surface area contributed by atoms with Gasteiger partial charge in [-0.1, -0.05) is 25.7 Å². The van der Waals surface area contributed by atoms with Gasteiger partial charge >= 0.3 is 0 Å². The van der Waals surface area contributed by atoms with Gasteiger partial charge in [-0.05, 0) is 18.4 Å². The van der Waals surface area contributed by atoms with E-state index in [1.807, 2.05) is 0 Å². The molecule has 1 aliphatic rings. The fraction of sp³-hybridized carbons (Fsp3) is 0.538. The van der Waals surface area contributed by atoms with Crippen molar-refractivity contribution in [1.82, 2.24) is 10.3 Å². The Labute approximate surface area is 100 Å². The summed E-state index contributed by atoms with van der Waals surface area (Å²) in [6.45, 7) is 0.630. The molecule has 0 spiro atoms. The lowest BCUT2D eigenvalue weighted by molar-refractivity contribution is 0.0947. The van der Waals surface area contributed by atoms with Crippen LogP contribution in [0.5, 0.6) is 0 Å². The first-order chi connectivity index (χ1) is 8.27. The molecule has 0 atom stereocenters. The van der Waals surface area contributed by atoms with Gasteiger partial charge in [-0.3, -0.25) is 9.78 Å². The molecule has 1 heterocycles. The lowest BCUT2D eigenvalue weighted by Gasteiger charge is -2.09. The van der Waals surface area contributed by atoms with Crippen LogP contribution in [0.4, 0.5) is 4.39 Å². The average molecular weight is 236 g/mol. The van der Waals surface area contributed by atoms with Crippen molar-refractivity contribution in [3.63, 3.8) is 0 Å². The van der Waals surface area contributed by atoms with Gasteiger partial charge in [-0.2, -0.15) is 0 Å². The predicted molar refractivity (Wildman–Crippen MR) is 63.1 cm³/mol. The van der Waals surface area contributed by atoms with Crippen molar-refractivity contribution in [2.75, 3.05) is 6.54 Å². The molecule has 0 aliphatic heterocycles. The van der Waals surface area contributed by atoms with Crippen molar-refractivity contribution in [3.8, 4) is 0 Å². The van der Waals surface area contributed by atoms with Crippen LogP contribution in [0.15, 0.2) is 18.5 Å². The molecule has 0 bridgehead atoms. The van der Waals surface area contributed by atoms with Gasteiger partial charge in [-0.25, -0.2) is 4.39 Å². The fourth-order valence-corrected chi connectivity index (χ4v) is 2.34.